The van der Waals surface area contributed by atoms with Crippen LogP contribution < -0.4 is 9.47 Å². The van der Waals surface area contributed by atoms with E-state index in [9.17, 15) is 4.79 Å². The molecule has 2 aliphatic rings. The van der Waals surface area contributed by atoms with E-state index in [1.54, 1.807) is 0 Å². The van der Waals surface area contributed by atoms with Gasteiger partial charge in [0.05, 0.1) is 0 Å². The van der Waals surface area contributed by atoms with Gasteiger partial charge in [-0.05, 0) is 49.6 Å². The Labute approximate surface area is 166 Å². The Hall–Kier alpha value is -2.53. The van der Waals surface area contributed by atoms with Gasteiger partial charge in [-0.15, -0.1) is 0 Å². The normalized spacial score (nSPS) is 19.2. The van der Waals surface area contributed by atoms with Crippen LogP contribution >= 0.6 is 0 Å². The highest BCUT2D eigenvalue weighted by Crippen LogP contribution is 2.31. The Balaban J connectivity index is 1.37. The summed E-state index contributed by atoms with van der Waals surface area (Å²) in [6.07, 6.45) is 3.22. The molecule has 4 rings (SSSR count). The second kappa shape index (κ2) is 8.65. The number of hydrogen-bond donors (Lipinski definition) is 0. The zero-order valence-electron chi connectivity index (χ0n) is 16.5. The highest BCUT2D eigenvalue weighted by Gasteiger charge is 2.27. The van der Waals surface area contributed by atoms with Crippen molar-refractivity contribution in [3.05, 3.63) is 59.7 Å². The van der Waals surface area contributed by atoms with Gasteiger partial charge in [0.15, 0.2) is 11.5 Å². The summed E-state index contributed by atoms with van der Waals surface area (Å²) in [4.78, 5) is 17.4. The van der Waals surface area contributed by atoms with Crippen LogP contribution in [0.15, 0.2) is 48.5 Å². The molecule has 1 fully saturated rings. The van der Waals surface area contributed by atoms with E-state index in [1.807, 2.05) is 30.1 Å². The fourth-order valence-corrected chi connectivity index (χ4v) is 4.03. The number of carbonyl (C=O) groups excluding carboxylic acids is 1. The van der Waals surface area contributed by atoms with E-state index < -0.39 is 0 Å². The lowest BCUT2D eigenvalue weighted by molar-refractivity contribution is 0.0618. The molecule has 1 saturated heterocycles. The molecule has 2 aromatic rings. The lowest BCUT2D eigenvalue weighted by atomic mass is 10.0. The molecule has 0 radical (unpaired) electrons. The number of carbonyl (C=O) groups is 1. The van der Waals surface area contributed by atoms with Gasteiger partial charge in [0, 0.05) is 31.7 Å². The van der Waals surface area contributed by atoms with Crippen molar-refractivity contribution in [1.82, 2.24) is 9.80 Å². The third kappa shape index (κ3) is 4.30. The summed E-state index contributed by atoms with van der Waals surface area (Å²) in [5.41, 5.74) is 2.03. The van der Waals surface area contributed by atoms with Gasteiger partial charge in [-0.25, -0.2) is 0 Å². The summed E-state index contributed by atoms with van der Waals surface area (Å²) in [5.74, 6) is 1.43. The van der Waals surface area contributed by atoms with Crippen molar-refractivity contribution >= 4 is 5.91 Å². The van der Waals surface area contributed by atoms with Crippen molar-refractivity contribution in [2.24, 2.45) is 0 Å². The molecule has 28 heavy (non-hydrogen) atoms. The zero-order valence-corrected chi connectivity index (χ0v) is 16.5. The fourth-order valence-electron chi connectivity index (χ4n) is 4.03. The van der Waals surface area contributed by atoms with Crippen LogP contribution in [0.5, 0.6) is 11.5 Å². The molecule has 0 unspecified atom stereocenters. The second-order valence-electron chi connectivity index (χ2n) is 7.61. The first-order valence-electron chi connectivity index (χ1n) is 10.1. The minimum Gasteiger partial charge on any atom is -0.486 e. The first-order valence-corrected chi connectivity index (χ1v) is 10.1. The third-order valence-electron chi connectivity index (χ3n) is 5.70. The number of nitrogens with zero attached hydrogens (tertiary/aromatic N) is 2. The Kier molecular flexibility index (Phi) is 5.81. The maximum absolute atomic E-state index is 13.0. The van der Waals surface area contributed by atoms with Gasteiger partial charge >= 0.3 is 0 Å². The van der Waals surface area contributed by atoms with E-state index in [4.69, 9.17) is 9.47 Å². The molecule has 0 bridgehead atoms. The lowest BCUT2D eigenvalue weighted by Crippen LogP contribution is -2.49. The lowest BCUT2D eigenvalue weighted by Gasteiger charge is -2.37. The maximum atomic E-state index is 13.0. The standard InChI is InChI=1S/C23H28N2O3/c1-24(23(26)19-9-10-21-22(16-19)28-15-14-27-21)20-8-5-12-25(17-20)13-11-18-6-3-2-4-7-18/h2-4,6-7,9-10,16,20H,5,8,11-15,17H2,1H3/t20-/m0/s1. The molecule has 0 saturated carbocycles. The summed E-state index contributed by atoms with van der Waals surface area (Å²) in [6, 6.07) is 16.3. The van der Waals surface area contributed by atoms with Crippen LogP contribution in [0.2, 0.25) is 0 Å². The molecule has 5 heteroatoms. The Bertz CT molecular complexity index is 809. The number of rotatable bonds is 5. The molecule has 148 valence electrons. The van der Waals surface area contributed by atoms with Gasteiger partial charge in [-0.3, -0.25) is 4.79 Å². The summed E-state index contributed by atoms with van der Waals surface area (Å²) in [7, 11) is 1.92. The number of piperidine rings is 1. The van der Waals surface area contributed by atoms with Gasteiger partial charge in [0.1, 0.15) is 13.2 Å². The minimum absolute atomic E-state index is 0.0480. The van der Waals surface area contributed by atoms with E-state index in [0.717, 1.165) is 44.6 Å². The number of benzene rings is 2. The molecule has 0 aromatic heterocycles. The van der Waals surface area contributed by atoms with Crippen molar-refractivity contribution in [2.45, 2.75) is 25.3 Å². The number of likely N-dealkylation sites (tertiary alicyclic amines) is 1. The number of likely N-dealkylation sites (N-methyl/N-ethyl adjacent to an activating group) is 1. The number of hydrogen-bond acceptors (Lipinski definition) is 4. The van der Waals surface area contributed by atoms with Crippen LogP contribution in [-0.4, -0.2) is 61.6 Å². The SMILES string of the molecule is CN(C(=O)c1ccc2c(c1)OCCO2)[C@H]1CCCN(CCc2ccccc2)C1. The largest absolute Gasteiger partial charge is 0.486 e. The van der Waals surface area contributed by atoms with Crippen LogP contribution in [0, 0.1) is 0 Å². The molecule has 0 aliphatic carbocycles. The molecule has 2 heterocycles. The Morgan fingerprint density at radius 2 is 1.89 bits per heavy atom. The van der Waals surface area contributed by atoms with Crippen molar-refractivity contribution in [3.63, 3.8) is 0 Å². The predicted molar refractivity (Wildman–Crippen MR) is 109 cm³/mol. The minimum atomic E-state index is 0.0480. The quantitative estimate of drug-likeness (QED) is 0.799. The first-order chi connectivity index (χ1) is 13.7. The van der Waals surface area contributed by atoms with Crippen molar-refractivity contribution in [3.8, 4) is 11.5 Å². The molecule has 2 aliphatic heterocycles. The summed E-state index contributed by atoms with van der Waals surface area (Å²) < 4.78 is 11.2. The maximum Gasteiger partial charge on any atom is 0.254 e. The van der Waals surface area contributed by atoms with E-state index in [2.05, 4.69) is 35.2 Å². The molecular formula is C23H28N2O3. The van der Waals surface area contributed by atoms with E-state index >= 15 is 0 Å². The summed E-state index contributed by atoms with van der Waals surface area (Å²) in [5, 5.41) is 0. The van der Waals surface area contributed by atoms with Crippen molar-refractivity contribution in [1.29, 1.82) is 0 Å². The van der Waals surface area contributed by atoms with Crippen LogP contribution in [0.3, 0.4) is 0 Å². The van der Waals surface area contributed by atoms with Crippen LogP contribution in [0.1, 0.15) is 28.8 Å². The molecule has 5 nitrogen and oxygen atoms in total. The van der Waals surface area contributed by atoms with E-state index in [-0.39, 0.29) is 11.9 Å². The molecular weight excluding hydrogens is 352 g/mol. The smallest absolute Gasteiger partial charge is 0.254 e. The molecule has 1 atom stereocenters. The van der Waals surface area contributed by atoms with E-state index in [1.165, 1.54) is 5.56 Å². The zero-order chi connectivity index (χ0) is 19.3. The molecule has 0 N–H and O–H groups in total. The summed E-state index contributed by atoms with van der Waals surface area (Å²) in [6.45, 7) is 4.15. The Morgan fingerprint density at radius 1 is 1.11 bits per heavy atom. The van der Waals surface area contributed by atoms with Gasteiger partial charge in [-0.2, -0.15) is 0 Å². The highest BCUT2D eigenvalue weighted by molar-refractivity contribution is 5.95. The monoisotopic (exact) mass is 380 g/mol. The molecule has 0 spiro atoms. The van der Waals surface area contributed by atoms with Gasteiger partial charge in [0.2, 0.25) is 0 Å². The molecule has 2 aromatic carbocycles. The second-order valence-corrected chi connectivity index (χ2v) is 7.61. The highest BCUT2D eigenvalue weighted by atomic mass is 16.6. The fraction of sp³-hybridized carbons (Fsp3) is 0.435. The van der Waals surface area contributed by atoms with Crippen LogP contribution in [0.4, 0.5) is 0 Å². The van der Waals surface area contributed by atoms with Crippen LogP contribution in [-0.2, 0) is 6.42 Å². The predicted octanol–water partition coefficient (Wildman–Crippen LogP) is 3.24. The Morgan fingerprint density at radius 3 is 2.71 bits per heavy atom. The van der Waals surface area contributed by atoms with E-state index in [0.29, 0.717) is 24.5 Å². The topological polar surface area (TPSA) is 42.0 Å². The number of fused-ring (bicyclic) bond motifs is 1. The summed E-state index contributed by atoms with van der Waals surface area (Å²) >= 11 is 0. The average Bonchev–Trinajstić information content (AvgIpc) is 2.77. The molecule has 1 amide bonds. The van der Waals surface area contributed by atoms with Gasteiger partial charge < -0.3 is 19.3 Å². The van der Waals surface area contributed by atoms with Crippen molar-refractivity contribution < 1.29 is 14.3 Å². The first kappa shape index (κ1) is 18.8. The van der Waals surface area contributed by atoms with Crippen molar-refractivity contribution in [2.75, 3.05) is 39.9 Å². The van der Waals surface area contributed by atoms with Gasteiger partial charge in [-0.1, -0.05) is 30.3 Å². The number of amides is 1. The van der Waals surface area contributed by atoms with Gasteiger partial charge in [0.25, 0.3) is 5.91 Å². The average molecular weight is 380 g/mol. The van der Waals surface area contributed by atoms with Crippen LogP contribution in [0.25, 0.3) is 0 Å². The number of ether oxygens (including phenoxy) is 2. The third-order valence-corrected chi connectivity index (χ3v) is 5.70.